The molecule has 8 heteroatoms. The van der Waals surface area contributed by atoms with Crippen molar-refractivity contribution in [2.75, 3.05) is 0 Å². The highest BCUT2D eigenvalue weighted by Crippen LogP contribution is 2.15. The van der Waals surface area contributed by atoms with Crippen LogP contribution in [0.15, 0.2) is 41.6 Å². The first-order valence-corrected chi connectivity index (χ1v) is 7.35. The number of rotatable bonds is 4. The topological polar surface area (TPSA) is 118 Å². The minimum atomic E-state index is -3.70. The zero-order chi connectivity index (χ0) is 14.8. The Morgan fingerprint density at radius 1 is 1.35 bits per heavy atom. The van der Waals surface area contributed by atoms with Gasteiger partial charge in [0.25, 0.3) is 5.91 Å². The Bertz CT molecular complexity index is 693. The van der Waals surface area contributed by atoms with Gasteiger partial charge in [0, 0.05) is 6.20 Å². The van der Waals surface area contributed by atoms with Crippen LogP contribution in [0.2, 0.25) is 0 Å². The van der Waals surface area contributed by atoms with Gasteiger partial charge in [0.15, 0.2) is 0 Å². The highest BCUT2D eigenvalue weighted by atomic mass is 32.2. The molecule has 0 fully saturated rings. The highest BCUT2D eigenvalue weighted by Gasteiger charge is 2.13. The van der Waals surface area contributed by atoms with Crippen LogP contribution in [0.1, 0.15) is 28.9 Å². The maximum Gasteiger partial charge on any atom is 0.254 e. The van der Waals surface area contributed by atoms with Crippen LogP contribution >= 0.6 is 0 Å². The van der Waals surface area contributed by atoms with Crippen molar-refractivity contribution < 1.29 is 13.2 Å². The summed E-state index contributed by atoms with van der Waals surface area (Å²) >= 11 is 0. The van der Waals surface area contributed by atoms with E-state index in [4.69, 9.17) is 5.14 Å². The molecule has 1 atom stereocenters. The molecule has 1 heterocycles. The van der Waals surface area contributed by atoms with E-state index in [9.17, 15) is 13.2 Å². The summed E-state index contributed by atoms with van der Waals surface area (Å²) in [6.07, 6.45) is 2.91. The van der Waals surface area contributed by atoms with Crippen LogP contribution in [0.25, 0.3) is 0 Å². The predicted octanol–water partition coefficient (Wildman–Crippen LogP) is 0.548. The lowest BCUT2D eigenvalue weighted by molar-refractivity contribution is 0.0940. The van der Waals surface area contributed by atoms with Crippen molar-refractivity contribution in [2.24, 2.45) is 5.14 Å². The van der Waals surface area contributed by atoms with E-state index in [-0.39, 0.29) is 16.8 Å². The molecule has 7 nitrogen and oxygen atoms in total. The number of aromatic nitrogens is 2. The van der Waals surface area contributed by atoms with Crippen LogP contribution in [0, 0.1) is 0 Å². The van der Waals surface area contributed by atoms with Crippen molar-refractivity contribution in [2.45, 2.75) is 17.9 Å². The minimum absolute atomic E-state index is 0.0367. The summed E-state index contributed by atoms with van der Waals surface area (Å²) in [5, 5.41) is 14.0. The monoisotopic (exact) mass is 294 g/mol. The van der Waals surface area contributed by atoms with E-state index in [1.54, 1.807) is 19.1 Å². The largest absolute Gasteiger partial charge is 0.345 e. The van der Waals surface area contributed by atoms with Gasteiger partial charge in [-0.2, -0.15) is 5.10 Å². The van der Waals surface area contributed by atoms with Gasteiger partial charge >= 0.3 is 0 Å². The van der Waals surface area contributed by atoms with Crippen molar-refractivity contribution in [3.8, 4) is 0 Å². The maximum absolute atomic E-state index is 11.8. The van der Waals surface area contributed by atoms with Crippen LogP contribution in [-0.4, -0.2) is 24.5 Å². The number of carbonyl (C=O) groups is 1. The van der Waals surface area contributed by atoms with Crippen LogP contribution < -0.4 is 10.5 Å². The van der Waals surface area contributed by atoms with Crippen molar-refractivity contribution in [3.63, 3.8) is 0 Å². The molecule has 0 radical (unpaired) electrons. The Kier molecular flexibility index (Phi) is 3.86. The van der Waals surface area contributed by atoms with Gasteiger partial charge in [-0.3, -0.25) is 9.89 Å². The number of primary sulfonamides is 1. The standard InChI is InChI=1S/C12H14N4O3S/c1-8(16-12(17)10-6-14-15-7-10)9-2-4-11(5-3-9)20(13,18)19/h2-8H,1H3,(H,14,15)(H,16,17)(H2,13,18,19). The van der Waals surface area contributed by atoms with E-state index in [1.807, 2.05) is 0 Å². The van der Waals surface area contributed by atoms with E-state index in [1.165, 1.54) is 24.5 Å². The van der Waals surface area contributed by atoms with Crippen molar-refractivity contribution >= 4 is 15.9 Å². The third-order valence-electron chi connectivity index (χ3n) is 2.82. The first-order chi connectivity index (χ1) is 9.38. The molecule has 4 N–H and O–H groups in total. The fourth-order valence-corrected chi connectivity index (χ4v) is 2.20. The number of carbonyl (C=O) groups excluding carboxylic acids is 1. The zero-order valence-electron chi connectivity index (χ0n) is 10.7. The molecule has 2 rings (SSSR count). The van der Waals surface area contributed by atoms with Gasteiger partial charge in [-0.15, -0.1) is 0 Å². The minimum Gasteiger partial charge on any atom is -0.345 e. The number of benzene rings is 1. The molecular weight excluding hydrogens is 280 g/mol. The third-order valence-corrected chi connectivity index (χ3v) is 3.75. The lowest BCUT2D eigenvalue weighted by Crippen LogP contribution is -2.26. The molecule has 0 bridgehead atoms. The van der Waals surface area contributed by atoms with Gasteiger partial charge in [-0.25, -0.2) is 13.6 Å². The molecule has 1 unspecified atom stereocenters. The predicted molar refractivity (Wildman–Crippen MR) is 72.3 cm³/mol. The number of hydrogen-bond acceptors (Lipinski definition) is 4. The second-order valence-electron chi connectivity index (χ2n) is 4.30. The molecule has 106 valence electrons. The molecule has 0 aliphatic carbocycles. The van der Waals surface area contributed by atoms with E-state index in [0.717, 1.165) is 5.56 Å². The summed E-state index contributed by atoms with van der Waals surface area (Å²) in [6.45, 7) is 1.80. The molecule has 1 aromatic heterocycles. The number of sulfonamides is 1. The van der Waals surface area contributed by atoms with E-state index >= 15 is 0 Å². The van der Waals surface area contributed by atoms with E-state index in [0.29, 0.717) is 5.56 Å². The smallest absolute Gasteiger partial charge is 0.254 e. The highest BCUT2D eigenvalue weighted by molar-refractivity contribution is 7.89. The normalized spacial score (nSPS) is 12.9. The number of nitrogens with zero attached hydrogens (tertiary/aromatic N) is 1. The second-order valence-corrected chi connectivity index (χ2v) is 5.86. The summed E-state index contributed by atoms with van der Waals surface area (Å²) in [5.41, 5.74) is 1.20. The van der Waals surface area contributed by atoms with Gasteiger partial charge < -0.3 is 5.32 Å². The SMILES string of the molecule is CC(NC(=O)c1cn[nH]c1)c1ccc(S(N)(=O)=O)cc1. The summed E-state index contributed by atoms with van der Waals surface area (Å²) in [6, 6.07) is 5.77. The summed E-state index contributed by atoms with van der Waals surface area (Å²) in [4.78, 5) is 11.9. The zero-order valence-corrected chi connectivity index (χ0v) is 11.5. The number of nitrogens with two attached hydrogens (primary N) is 1. The first-order valence-electron chi connectivity index (χ1n) is 5.80. The van der Waals surface area contributed by atoms with Crippen molar-refractivity contribution in [1.29, 1.82) is 0 Å². The van der Waals surface area contributed by atoms with Crippen molar-refractivity contribution in [3.05, 3.63) is 47.8 Å². The van der Waals surface area contributed by atoms with Gasteiger partial charge in [-0.1, -0.05) is 12.1 Å². The molecule has 0 saturated heterocycles. The molecular formula is C12H14N4O3S. The Labute approximate surface area is 116 Å². The maximum atomic E-state index is 11.8. The number of hydrogen-bond donors (Lipinski definition) is 3. The van der Waals surface area contributed by atoms with Gasteiger partial charge in [-0.05, 0) is 24.6 Å². The quantitative estimate of drug-likeness (QED) is 0.763. The molecule has 20 heavy (non-hydrogen) atoms. The fraction of sp³-hybridized carbons (Fsp3) is 0.167. The van der Waals surface area contributed by atoms with E-state index in [2.05, 4.69) is 15.5 Å². The summed E-state index contributed by atoms with van der Waals surface area (Å²) in [7, 11) is -3.70. The first kappa shape index (κ1) is 14.2. The second kappa shape index (κ2) is 5.43. The third kappa shape index (κ3) is 3.22. The average Bonchev–Trinajstić information content (AvgIpc) is 2.91. The molecule has 1 aromatic carbocycles. The molecule has 0 spiro atoms. The number of aromatic amines is 1. The number of amides is 1. The molecule has 0 aliphatic heterocycles. The number of H-pyrrole nitrogens is 1. The van der Waals surface area contributed by atoms with Gasteiger partial charge in [0.1, 0.15) is 0 Å². The average molecular weight is 294 g/mol. The Balaban J connectivity index is 2.10. The van der Waals surface area contributed by atoms with Gasteiger partial charge in [0.2, 0.25) is 10.0 Å². The van der Waals surface area contributed by atoms with Crippen molar-refractivity contribution in [1.82, 2.24) is 15.5 Å². The summed E-state index contributed by atoms with van der Waals surface area (Å²) < 4.78 is 22.3. The Hall–Kier alpha value is -2.19. The van der Waals surface area contributed by atoms with E-state index < -0.39 is 10.0 Å². The molecule has 2 aromatic rings. The van der Waals surface area contributed by atoms with Crippen LogP contribution in [0.5, 0.6) is 0 Å². The molecule has 0 saturated carbocycles. The number of nitrogens with one attached hydrogen (secondary N) is 2. The molecule has 1 amide bonds. The van der Waals surface area contributed by atoms with Crippen LogP contribution in [0.3, 0.4) is 0 Å². The summed E-state index contributed by atoms with van der Waals surface area (Å²) in [5.74, 6) is -0.262. The van der Waals surface area contributed by atoms with Crippen LogP contribution in [-0.2, 0) is 10.0 Å². The fourth-order valence-electron chi connectivity index (χ4n) is 1.68. The lowest BCUT2D eigenvalue weighted by atomic mass is 10.1. The Morgan fingerprint density at radius 3 is 2.50 bits per heavy atom. The van der Waals surface area contributed by atoms with Crippen LogP contribution in [0.4, 0.5) is 0 Å². The van der Waals surface area contributed by atoms with Gasteiger partial charge in [0.05, 0.1) is 22.7 Å². The Morgan fingerprint density at radius 2 is 2.00 bits per heavy atom. The molecule has 0 aliphatic rings. The lowest BCUT2D eigenvalue weighted by Gasteiger charge is -2.14.